The first-order chi connectivity index (χ1) is 11.8. The van der Waals surface area contributed by atoms with Crippen molar-refractivity contribution >= 4 is 11.8 Å². The van der Waals surface area contributed by atoms with E-state index in [9.17, 15) is 0 Å². The van der Waals surface area contributed by atoms with Crippen LogP contribution >= 0.6 is 0 Å². The van der Waals surface area contributed by atoms with E-state index >= 15 is 0 Å². The molecule has 3 N–H and O–H groups in total. The summed E-state index contributed by atoms with van der Waals surface area (Å²) in [5.74, 6) is 5.60. The number of guanidine groups is 1. The molecule has 0 unspecified atom stereocenters. The molecule has 24 heavy (non-hydrogen) atoms. The second-order valence-electron chi connectivity index (χ2n) is 8.33. The minimum Gasteiger partial charge on any atom is -0.396 e. The zero-order valence-corrected chi connectivity index (χ0v) is 14.2. The number of aliphatic imine (C=N–C) groups is 2. The maximum atomic E-state index is 9.04. The van der Waals surface area contributed by atoms with Gasteiger partial charge in [-0.3, -0.25) is 0 Å². The molecule has 6 nitrogen and oxygen atoms in total. The van der Waals surface area contributed by atoms with E-state index in [1.54, 1.807) is 0 Å². The SMILES string of the molecule is OCCCNC1=NC(C23CC4CC(CC(C4)C2)C3)=NC2=CCNN21. The highest BCUT2D eigenvalue weighted by atomic mass is 16.3. The number of hydrogen-bond donors (Lipinski definition) is 3. The summed E-state index contributed by atoms with van der Waals surface area (Å²) in [6.07, 6.45) is 11.0. The number of rotatable bonds is 4. The van der Waals surface area contributed by atoms with Crippen molar-refractivity contribution in [2.75, 3.05) is 19.7 Å². The first-order valence-corrected chi connectivity index (χ1v) is 9.52. The van der Waals surface area contributed by atoms with Crippen LogP contribution in [0.15, 0.2) is 21.9 Å². The van der Waals surface area contributed by atoms with Crippen molar-refractivity contribution in [1.82, 2.24) is 15.8 Å². The summed E-state index contributed by atoms with van der Waals surface area (Å²) in [6, 6.07) is 0. The summed E-state index contributed by atoms with van der Waals surface area (Å²) in [6.45, 7) is 1.73. The Bertz CT molecular complexity index is 588. The van der Waals surface area contributed by atoms with Gasteiger partial charge < -0.3 is 10.4 Å². The average Bonchev–Trinajstić information content (AvgIpc) is 3.02. The Morgan fingerprint density at radius 3 is 2.54 bits per heavy atom. The maximum Gasteiger partial charge on any atom is 0.221 e. The number of hydrogen-bond acceptors (Lipinski definition) is 6. The molecule has 0 saturated heterocycles. The Morgan fingerprint density at radius 2 is 1.88 bits per heavy atom. The summed E-state index contributed by atoms with van der Waals surface area (Å²) in [7, 11) is 0. The highest BCUT2D eigenvalue weighted by Crippen LogP contribution is 2.61. The summed E-state index contributed by atoms with van der Waals surface area (Å²) in [5, 5.41) is 14.4. The largest absolute Gasteiger partial charge is 0.396 e. The molecule has 0 aromatic rings. The van der Waals surface area contributed by atoms with Gasteiger partial charge in [-0.1, -0.05) is 0 Å². The lowest BCUT2D eigenvalue weighted by Gasteiger charge is -2.56. The van der Waals surface area contributed by atoms with Crippen LogP contribution in [-0.4, -0.2) is 41.6 Å². The third-order valence-corrected chi connectivity index (χ3v) is 6.54. The summed E-state index contributed by atoms with van der Waals surface area (Å²) >= 11 is 0. The maximum absolute atomic E-state index is 9.04. The summed E-state index contributed by atoms with van der Waals surface area (Å²) in [5.41, 5.74) is 3.52. The summed E-state index contributed by atoms with van der Waals surface area (Å²) < 4.78 is 0. The lowest BCUT2D eigenvalue weighted by atomic mass is 9.49. The molecule has 0 aromatic carbocycles. The number of amidine groups is 1. The van der Waals surface area contributed by atoms with Crippen molar-refractivity contribution in [2.24, 2.45) is 33.2 Å². The smallest absolute Gasteiger partial charge is 0.221 e. The summed E-state index contributed by atoms with van der Waals surface area (Å²) in [4.78, 5) is 9.96. The van der Waals surface area contributed by atoms with Crippen LogP contribution in [0.4, 0.5) is 0 Å². The predicted octanol–water partition coefficient (Wildman–Crippen LogP) is 1.60. The van der Waals surface area contributed by atoms with Gasteiger partial charge in [0.2, 0.25) is 5.96 Å². The number of aliphatic hydroxyl groups excluding tert-OH is 1. The Hall–Kier alpha value is -1.40. The van der Waals surface area contributed by atoms with Gasteiger partial charge in [-0.2, -0.15) is 4.99 Å². The highest BCUT2D eigenvalue weighted by molar-refractivity contribution is 6.02. The Balaban J connectivity index is 1.46. The van der Waals surface area contributed by atoms with Crippen molar-refractivity contribution in [2.45, 2.75) is 44.9 Å². The quantitative estimate of drug-likeness (QED) is 0.685. The Morgan fingerprint density at radius 1 is 1.17 bits per heavy atom. The number of aliphatic hydroxyl groups is 1. The third kappa shape index (κ3) is 2.30. The molecule has 0 radical (unpaired) electrons. The van der Waals surface area contributed by atoms with Crippen LogP contribution in [0, 0.1) is 23.2 Å². The predicted molar refractivity (Wildman–Crippen MR) is 93.1 cm³/mol. The molecule has 0 aromatic heterocycles. The lowest BCUT2D eigenvalue weighted by Crippen LogP contribution is -2.53. The van der Waals surface area contributed by atoms with Crippen molar-refractivity contribution in [3.8, 4) is 0 Å². The van der Waals surface area contributed by atoms with Gasteiger partial charge in [0.25, 0.3) is 0 Å². The van der Waals surface area contributed by atoms with Crippen LogP contribution in [0.2, 0.25) is 0 Å². The molecule has 4 saturated carbocycles. The van der Waals surface area contributed by atoms with E-state index in [-0.39, 0.29) is 12.0 Å². The van der Waals surface area contributed by atoms with E-state index < -0.39 is 0 Å². The zero-order valence-electron chi connectivity index (χ0n) is 14.2. The molecule has 0 amide bonds. The molecule has 2 aliphatic heterocycles. The first kappa shape index (κ1) is 14.9. The van der Waals surface area contributed by atoms with Gasteiger partial charge in [0, 0.05) is 25.1 Å². The van der Waals surface area contributed by atoms with Crippen LogP contribution in [-0.2, 0) is 0 Å². The van der Waals surface area contributed by atoms with Crippen molar-refractivity contribution in [3.63, 3.8) is 0 Å². The minimum absolute atomic E-state index is 0.201. The number of hydrazine groups is 1. The van der Waals surface area contributed by atoms with E-state index in [1.807, 2.05) is 5.01 Å². The van der Waals surface area contributed by atoms with E-state index in [0.29, 0.717) is 0 Å². The lowest BCUT2D eigenvalue weighted by molar-refractivity contribution is -0.0131. The van der Waals surface area contributed by atoms with Crippen molar-refractivity contribution in [1.29, 1.82) is 0 Å². The van der Waals surface area contributed by atoms with Crippen molar-refractivity contribution < 1.29 is 5.11 Å². The van der Waals surface area contributed by atoms with Crippen LogP contribution in [0.3, 0.4) is 0 Å². The monoisotopic (exact) mass is 329 g/mol. The van der Waals surface area contributed by atoms with Crippen LogP contribution in [0.25, 0.3) is 0 Å². The molecule has 2 heterocycles. The fourth-order valence-electron chi connectivity index (χ4n) is 5.98. The van der Waals surface area contributed by atoms with Crippen LogP contribution < -0.4 is 10.7 Å². The molecule has 4 bridgehead atoms. The van der Waals surface area contributed by atoms with E-state index in [0.717, 1.165) is 54.9 Å². The molecule has 0 atom stereocenters. The van der Waals surface area contributed by atoms with Crippen LogP contribution in [0.5, 0.6) is 0 Å². The third-order valence-electron chi connectivity index (χ3n) is 6.54. The van der Waals surface area contributed by atoms with Gasteiger partial charge in [0.1, 0.15) is 11.7 Å². The normalized spacial score (nSPS) is 39.5. The second-order valence-corrected chi connectivity index (χ2v) is 8.33. The standard InChI is InChI=1S/C18H27N5O/c24-5-1-3-19-17-22-16(21-15-2-4-20-23(15)17)18-9-12-6-13(10-18)8-14(7-12)11-18/h2,12-14,20,24H,1,3-11H2,(H,19,21,22). The fourth-order valence-corrected chi connectivity index (χ4v) is 5.98. The Kier molecular flexibility index (Phi) is 3.45. The van der Waals surface area contributed by atoms with Gasteiger partial charge in [-0.05, 0) is 68.8 Å². The molecule has 6 heteroatoms. The van der Waals surface area contributed by atoms with Crippen molar-refractivity contribution in [3.05, 3.63) is 11.9 Å². The molecule has 0 spiro atoms. The molecular formula is C18H27N5O. The number of nitrogens with zero attached hydrogens (tertiary/aromatic N) is 3. The highest BCUT2D eigenvalue weighted by Gasteiger charge is 2.54. The van der Waals surface area contributed by atoms with Crippen LogP contribution in [0.1, 0.15) is 44.9 Å². The minimum atomic E-state index is 0.201. The van der Waals surface area contributed by atoms with E-state index in [2.05, 4.69) is 16.8 Å². The second kappa shape index (κ2) is 5.56. The molecule has 4 aliphatic carbocycles. The van der Waals surface area contributed by atoms with Gasteiger partial charge in [-0.25, -0.2) is 15.4 Å². The molecule has 6 aliphatic rings. The molecule has 130 valence electrons. The fraction of sp³-hybridized carbons (Fsp3) is 0.778. The average molecular weight is 329 g/mol. The van der Waals surface area contributed by atoms with Gasteiger partial charge in [0.05, 0.1) is 0 Å². The number of nitrogens with one attached hydrogen (secondary N) is 2. The zero-order chi connectivity index (χ0) is 16.1. The van der Waals surface area contributed by atoms with Gasteiger partial charge >= 0.3 is 0 Å². The van der Waals surface area contributed by atoms with E-state index in [4.69, 9.17) is 15.1 Å². The molecular weight excluding hydrogens is 302 g/mol. The topological polar surface area (TPSA) is 72.2 Å². The number of fused-ring (bicyclic) bond motifs is 1. The van der Waals surface area contributed by atoms with Gasteiger partial charge in [-0.15, -0.1) is 0 Å². The Labute approximate surface area is 143 Å². The first-order valence-electron chi connectivity index (χ1n) is 9.52. The van der Waals surface area contributed by atoms with Gasteiger partial charge in [0.15, 0.2) is 0 Å². The van der Waals surface area contributed by atoms with E-state index in [1.165, 1.54) is 38.5 Å². The molecule has 4 fully saturated rings. The molecule has 6 rings (SSSR count).